The van der Waals surface area contributed by atoms with Crippen molar-refractivity contribution in [2.75, 3.05) is 7.11 Å². The number of alkyl halides is 1. The number of rotatable bonds is 3. The van der Waals surface area contributed by atoms with E-state index in [1.807, 2.05) is 0 Å². The monoisotopic (exact) mass is 348 g/mol. The lowest BCUT2D eigenvalue weighted by Gasteiger charge is -2.19. The van der Waals surface area contributed by atoms with E-state index in [1.165, 1.54) is 36.5 Å². The fraction of sp³-hybridized carbons (Fsp3) is 0.333. The van der Waals surface area contributed by atoms with Gasteiger partial charge in [0.2, 0.25) is 0 Å². The molecule has 0 heterocycles. The lowest BCUT2D eigenvalue weighted by Crippen LogP contribution is -2.05. The molecule has 0 saturated heterocycles. The molecule has 3 heteroatoms. The summed E-state index contributed by atoms with van der Waals surface area (Å²) >= 11 is 3.64. The lowest BCUT2D eigenvalue weighted by molar-refractivity contribution is 0.411. The summed E-state index contributed by atoms with van der Waals surface area (Å²) in [6.45, 7) is 0. The van der Waals surface area contributed by atoms with Crippen LogP contribution in [0.3, 0.4) is 0 Å². The van der Waals surface area contributed by atoms with Crippen LogP contribution >= 0.6 is 15.9 Å². The van der Waals surface area contributed by atoms with Crippen molar-refractivity contribution in [3.8, 4) is 5.75 Å². The molecule has 2 aromatic rings. The molecule has 0 aromatic heterocycles. The number of aryl methyl sites for hydroxylation is 2. The first kappa shape index (κ1) is 14.6. The third-order valence-electron chi connectivity index (χ3n) is 4.15. The fourth-order valence-electron chi connectivity index (χ4n) is 2.93. The highest BCUT2D eigenvalue weighted by atomic mass is 79.9. The molecule has 0 fully saturated rings. The van der Waals surface area contributed by atoms with Crippen molar-refractivity contribution in [2.24, 2.45) is 0 Å². The van der Waals surface area contributed by atoms with Crippen molar-refractivity contribution >= 4 is 15.9 Å². The summed E-state index contributed by atoms with van der Waals surface area (Å²) in [5.41, 5.74) is 4.61. The third kappa shape index (κ3) is 2.98. The van der Waals surface area contributed by atoms with Gasteiger partial charge < -0.3 is 4.74 Å². The van der Waals surface area contributed by atoms with Gasteiger partial charge in [0.1, 0.15) is 11.6 Å². The fourth-order valence-corrected chi connectivity index (χ4v) is 3.59. The summed E-state index contributed by atoms with van der Waals surface area (Å²) in [6, 6.07) is 11.5. The second-order valence-electron chi connectivity index (χ2n) is 5.49. The van der Waals surface area contributed by atoms with E-state index < -0.39 is 0 Å². The molecule has 1 nitrogen and oxygen atoms in total. The highest BCUT2D eigenvalue weighted by Gasteiger charge is 2.18. The molecule has 1 unspecified atom stereocenters. The van der Waals surface area contributed by atoms with E-state index in [0.29, 0.717) is 11.3 Å². The molecule has 1 aliphatic carbocycles. The molecular weight excluding hydrogens is 331 g/mol. The molecule has 0 spiro atoms. The zero-order valence-electron chi connectivity index (χ0n) is 12.0. The Morgan fingerprint density at radius 3 is 2.52 bits per heavy atom. The summed E-state index contributed by atoms with van der Waals surface area (Å²) in [6.07, 6.45) is 4.82. The predicted octanol–water partition coefficient (Wildman–Crippen LogP) is 5.20. The van der Waals surface area contributed by atoms with Crippen LogP contribution in [0.1, 0.15) is 39.9 Å². The topological polar surface area (TPSA) is 9.23 Å². The number of fused-ring (bicyclic) bond motifs is 1. The molecule has 1 atom stereocenters. The number of benzene rings is 2. The minimum Gasteiger partial charge on any atom is -0.497 e. The van der Waals surface area contributed by atoms with E-state index in [1.54, 1.807) is 19.2 Å². The smallest absolute Gasteiger partial charge is 0.131 e. The van der Waals surface area contributed by atoms with E-state index in [0.717, 1.165) is 12.0 Å². The van der Waals surface area contributed by atoms with Crippen LogP contribution < -0.4 is 4.74 Å². The molecule has 0 saturated carbocycles. The third-order valence-corrected chi connectivity index (χ3v) is 5.17. The number of ether oxygens (including phenoxy) is 1. The summed E-state index contributed by atoms with van der Waals surface area (Å²) in [5.74, 6) is 0.301. The van der Waals surface area contributed by atoms with Gasteiger partial charge >= 0.3 is 0 Å². The van der Waals surface area contributed by atoms with Gasteiger partial charge in [0, 0.05) is 11.6 Å². The average molecular weight is 349 g/mol. The normalized spacial score (nSPS) is 15.4. The second kappa shape index (κ2) is 6.18. The standard InChI is InChI=1S/C18H18BrFO/c1-21-15-8-9-16(17(20)11-15)18(19)14-7-6-12-4-2-3-5-13(12)10-14/h6-11,18H,2-5H2,1H3. The van der Waals surface area contributed by atoms with Gasteiger partial charge in [0.05, 0.1) is 11.9 Å². The van der Waals surface area contributed by atoms with E-state index in [4.69, 9.17) is 4.74 Å². The highest BCUT2D eigenvalue weighted by molar-refractivity contribution is 9.09. The van der Waals surface area contributed by atoms with Gasteiger partial charge in [-0.15, -0.1) is 0 Å². The molecule has 0 radical (unpaired) electrons. The quantitative estimate of drug-likeness (QED) is 0.693. The maximum absolute atomic E-state index is 14.2. The van der Waals surface area contributed by atoms with E-state index >= 15 is 0 Å². The Morgan fingerprint density at radius 1 is 1.05 bits per heavy atom. The Kier molecular flexibility index (Phi) is 4.29. The number of hydrogen-bond acceptors (Lipinski definition) is 1. The molecule has 1 aliphatic rings. The highest BCUT2D eigenvalue weighted by Crippen LogP contribution is 2.35. The second-order valence-corrected chi connectivity index (χ2v) is 6.40. The van der Waals surface area contributed by atoms with E-state index in [2.05, 4.69) is 34.1 Å². The van der Waals surface area contributed by atoms with Crippen molar-refractivity contribution in [3.05, 3.63) is 64.5 Å². The van der Waals surface area contributed by atoms with Gasteiger partial charge in [-0.1, -0.05) is 40.2 Å². The molecule has 0 amide bonds. The Morgan fingerprint density at radius 2 is 1.81 bits per heavy atom. The zero-order valence-corrected chi connectivity index (χ0v) is 13.6. The van der Waals surface area contributed by atoms with Gasteiger partial charge in [-0.2, -0.15) is 0 Å². The van der Waals surface area contributed by atoms with Crippen LogP contribution in [0.4, 0.5) is 4.39 Å². The summed E-state index contributed by atoms with van der Waals surface area (Å²) in [7, 11) is 1.55. The van der Waals surface area contributed by atoms with Crippen LogP contribution in [-0.4, -0.2) is 7.11 Å². The van der Waals surface area contributed by atoms with Crippen LogP contribution in [0, 0.1) is 5.82 Å². The zero-order chi connectivity index (χ0) is 14.8. The summed E-state index contributed by atoms with van der Waals surface area (Å²) in [4.78, 5) is -0.129. The largest absolute Gasteiger partial charge is 0.497 e. The van der Waals surface area contributed by atoms with Gasteiger partial charge in [-0.3, -0.25) is 0 Å². The molecule has 2 aromatic carbocycles. The average Bonchev–Trinajstić information content (AvgIpc) is 2.53. The number of methoxy groups -OCH3 is 1. The number of halogens is 2. The predicted molar refractivity (Wildman–Crippen MR) is 86.8 cm³/mol. The van der Waals surface area contributed by atoms with Crippen molar-refractivity contribution in [1.82, 2.24) is 0 Å². The first-order valence-electron chi connectivity index (χ1n) is 7.28. The van der Waals surface area contributed by atoms with Crippen molar-refractivity contribution in [2.45, 2.75) is 30.5 Å². The lowest BCUT2D eigenvalue weighted by atomic mass is 9.89. The van der Waals surface area contributed by atoms with E-state index in [9.17, 15) is 4.39 Å². The Bertz CT molecular complexity index is 654. The van der Waals surface area contributed by atoms with Crippen LogP contribution in [0.15, 0.2) is 36.4 Å². The molecule has 0 bridgehead atoms. The molecule has 3 rings (SSSR count). The first-order chi connectivity index (χ1) is 10.2. The summed E-state index contributed by atoms with van der Waals surface area (Å²) < 4.78 is 19.3. The Hall–Kier alpha value is -1.35. The molecule has 0 aliphatic heterocycles. The Labute approximate surface area is 133 Å². The van der Waals surface area contributed by atoms with Crippen LogP contribution in [0.25, 0.3) is 0 Å². The first-order valence-corrected chi connectivity index (χ1v) is 8.20. The molecule has 110 valence electrons. The van der Waals surface area contributed by atoms with Crippen molar-refractivity contribution in [1.29, 1.82) is 0 Å². The minimum atomic E-state index is -0.242. The van der Waals surface area contributed by atoms with Crippen molar-refractivity contribution in [3.63, 3.8) is 0 Å². The SMILES string of the molecule is COc1ccc(C(Br)c2ccc3c(c2)CCCC3)c(F)c1. The maximum Gasteiger partial charge on any atom is 0.131 e. The Balaban J connectivity index is 1.93. The molecular formula is C18H18BrFO. The molecule has 21 heavy (non-hydrogen) atoms. The molecule has 0 N–H and O–H groups in total. The number of hydrogen-bond donors (Lipinski definition) is 0. The van der Waals surface area contributed by atoms with Gasteiger partial charge in [-0.05, 0) is 48.4 Å². The van der Waals surface area contributed by atoms with Gasteiger partial charge in [-0.25, -0.2) is 4.39 Å². The van der Waals surface area contributed by atoms with Gasteiger partial charge in [0.25, 0.3) is 0 Å². The van der Waals surface area contributed by atoms with Crippen molar-refractivity contribution < 1.29 is 9.13 Å². The van der Waals surface area contributed by atoms with E-state index in [-0.39, 0.29) is 10.6 Å². The van der Waals surface area contributed by atoms with Crippen LogP contribution in [0.5, 0.6) is 5.75 Å². The van der Waals surface area contributed by atoms with Gasteiger partial charge in [0.15, 0.2) is 0 Å². The minimum absolute atomic E-state index is 0.129. The maximum atomic E-state index is 14.2. The summed E-state index contributed by atoms with van der Waals surface area (Å²) in [5, 5.41) is 0. The van der Waals surface area contributed by atoms with Crippen LogP contribution in [-0.2, 0) is 12.8 Å². The van der Waals surface area contributed by atoms with Crippen LogP contribution in [0.2, 0.25) is 0 Å².